The van der Waals surface area contributed by atoms with Crippen molar-refractivity contribution in [1.29, 1.82) is 0 Å². The van der Waals surface area contributed by atoms with E-state index in [-0.39, 0.29) is 0 Å². The summed E-state index contributed by atoms with van der Waals surface area (Å²) in [6, 6.07) is 0. The van der Waals surface area contributed by atoms with Crippen LogP contribution in [0.2, 0.25) is 0 Å². The summed E-state index contributed by atoms with van der Waals surface area (Å²) < 4.78 is 0. The molecule has 0 radical (unpaired) electrons. The quantitative estimate of drug-likeness (QED) is 0.494. The van der Waals surface area contributed by atoms with Gasteiger partial charge in [-0.25, -0.2) is 0 Å². The van der Waals surface area contributed by atoms with Crippen molar-refractivity contribution in [3.8, 4) is 0 Å². The highest BCUT2D eigenvalue weighted by molar-refractivity contribution is 4.71. The molecule has 0 saturated heterocycles. The normalized spacial score (nSPS) is 15.6. The van der Waals surface area contributed by atoms with Gasteiger partial charge in [-0.15, -0.1) is 6.58 Å². The third kappa shape index (κ3) is 4.58. The fourth-order valence-corrected chi connectivity index (χ4v) is 1.88. The fourth-order valence-electron chi connectivity index (χ4n) is 1.88. The zero-order valence-electron chi connectivity index (χ0n) is 8.97. The zero-order chi connectivity index (χ0) is 9.40. The third-order valence-electron chi connectivity index (χ3n) is 2.81. The molecule has 0 spiro atoms. The van der Waals surface area contributed by atoms with Gasteiger partial charge in [0.05, 0.1) is 0 Å². The Kier molecular flexibility index (Phi) is 7.23. The van der Waals surface area contributed by atoms with Crippen LogP contribution in [0.1, 0.15) is 52.9 Å². The second-order valence-electron chi connectivity index (χ2n) is 3.80. The van der Waals surface area contributed by atoms with Gasteiger partial charge in [0, 0.05) is 0 Å². The molecule has 0 aliphatic heterocycles. The predicted octanol–water partition coefficient (Wildman–Crippen LogP) is 4.42. The molecule has 2 atom stereocenters. The van der Waals surface area contributed by atoms with E-state index in [1.54, 1.807) is 0 Å². The van der Waals surface area contributed by atoms with Gasteiger partial charge in [-0.2, -0.15) is 0 Å². The van der Waals surface area contributed by atoms with Crippen LogP contribution in [0.15, 0.2) is 12.7 Å². The summed E-state index contributed by atoms with van der Waals surface area (Å²) in [5.41, 5.74) is 0. The maximum atomic E-state index is 3.76. The maximum absolute atomic E-state index is 3.76. The van der Waals surface area contributed by atoms with Crippen LogP contribution in [-0.2, 0) is 0 Å². The molecule has 0 saturated carbocycles. The van der Waals surface area contributed by atoms with E-state index < -0.39 is 0 Å². The minimum Gasteiger partial charge on any atom is -0.103 e. The van der Waals surface area contributed by atoms with Gasteiger partial charge in [0.25, 0.3) is 0 Å². The van der Waals surface area contributed by atoms with E-state index in [0.717, 1.165) is 11.8 Å². The van der Waals surface area contributed by atoms with Crippen LogP contribution < -0.4 is 0 Å². The van der Waals surface area contributed by atoms with Crippen molar-refractivity contribution >= 4 is 0 Å². The summed E-state index contributed by atoms with van der Waals surface area (Å²) >= 11 is 0. The lowest BCUT2D eigenvalue weighted by molar-refractivity contribution is 0.308. The van der Waals surface area contributed by atoms with Crippen LogP contribution in [-0.4, -0.2) is 0 Å². The SMILES string of the molecule is C=CCCC(C)C(CC)CCC. The summed E-state index contributed by atoms with van der Waals surface area (Å²) in [6.07, 6.45) is 8.61. The Balaban J connectivity index is 3.67. The van der Waals surface area contributed by atoms with Gasteiger partial charge in [0.2, 0.25) is 0 Å². The molecular weight excluding hydrogens is 144 g/mol. The van der Waals surface area contributed by atoms with Gasteiger partial charge in [0.1, 0.15) is 0 Å². The number of allylic oxidation sites excluding steroid dienone is 1. The molecule has 0 nitrogen and oxygen atoms in total. The lowest BCUT2D eigenvalue weighted by Crippen LogP contribution is -2.10. The molecule has 2 unspecified atom stereocenters. The molecule has 0 heterocycles. The van der Waals surface area contributed by atoms with E-state index in [0.29, 0.717) is 0 Å². The zero-order valence-corrected chi connectivity index (χ0v) is 8.97. The molecule has 12 heavy (non-hydrogen) atoms. The second kappa shape index (κ2) is 7.39. The van der Waals surface area contributed by atoms with Crippen LogP contribution in [0.5, 0.6) is 0 Å². The van der Waals surface area contributed by atoms with Crippen LogP contribution in [0.3, 0.4) is 0 Å². The van der Waals surface area contributed by atoms with E-state index >= 15 is 0 Å². The highest BCUT2D eigenvalue weighted by Crippen LogP contribution is 2.24. The molecule has 0 aliphatic rings. The van der Waals surface area contributed by atoms with Gasteiger partial charge >= 0.3 is 0 Å². The van der Waals surface area contributed by atoms with E-state index in [1.165, 1.54) is 32.1 Å². The monoisotopic (exact) mass is 168 g/mol. The minimum atomic E-state index is 0.882. The van der Waals surface area contributed by atoms with Crippen LogP contribution in [0.25, 0.3) is 0 Å². The summed E-state index contributed by atoms with van der Waals surface area (Å²) in [6.45, 7) is 10.7. The summed E-state index contributed by atoms with van der Waals surface area (Å²) in [5, 5.41) is 0. The van der Waals surface area contributed by atoms with E-state index in [9.17, 15) is 0 Å². The van der Waals surface area contributed by atoms with E-state index in [2.05, 4.69) is 27.4 Å². The van der Waals surface area contributed by atoms with Crippen molar-refractivity contribution in [1.82, 2.24) is 0 Å². The van der Waals surface area contributed by atoms with Crippen LogP contribution in [0.4, 0.5) is 0 Å². The fraction of sp³-hybridized carbons (Fsp3) is 0.833. The van der Waals surface area contributed by atoms with Gasteiger partial charge in [0.15, 0.2) is 0 Å². The summed E-state index contributed by atoms with van der Waals surface area (Å²) in [4.78, 5) is 0. The van der Waals surface area contributed by atoms with E-state index in [4.69, 9.17) is 0 Å². The van der Waals surface area contributed by atoms with Crippen molar-refractivity contribution in [2.45, 2.75) is 52.9 Å². The average Bonchev–Trinajstić information content (AvgIpc) is 2.10. The standard InChI is InChI=1S/C12H24/c1-5-8-10-11(4)12(7-3)9-6-2/h5,11-12H,1,6-10H2,2-4H3. The molecular formula is C12H24. The maximum Gasteiger partial charge on any atom is -0.0351 e. The number of hydrogen-bond donors (Lipinski definition) is 0. The first-order valence-electron chi connectivity index (χ1n) is 5.37. The molecule has 0 aromatic carbocycles. The molecule has 0 fully saturated rings. The Morgan fingerprint density at radius 2 is 1.92 bits per heavy atom. The molecule has 0 rings (SSSR count). The van der Waals surface area contributed by atoms with Gasteiger partial charge in [-0.3, -0.25) is 0 Å². The van der Waals surface area contributed by atoms with Crippen LogP contribution in [0, 0.1) is 11.8 Å². The Labute approximate surface area is 78.1 Å². The Morgan fingerprint density at radius 1 is 1.25 bits per heavy atom. The summed E-state index contributed by atoms with van der Waals surface area (Å²) in [5.74, 6) is 1.82. The van der Waals surface area contributed by atoms with Gasteiger partial charge in [-0.05, 0) is 24.7 Å². The topological polar surface area (TPSA) is 0 Å². The lowest BCUT2D eigenvalue weighted by atomic mass is 9.85. The second-order valence-corrected chi connectivity index (χ2v) is 3.80. The number of rotatable bonds is 7. The van der Waals surface area contributed by atoms with Crippen molar-refractivity contribution in [3.63, 3.8) is 0 Å². The molecule has 0 N–H and O–H groups in total. The Bertz CT molecular complexity index is 105. The molecule has 0 bridgehead atoms. The smallest absolute Gasteiger partial charge is 0.0351 e. The Morgan fingerprint density at radius 3 is 2.33 bits per heavy atom. The molecule has 72 valence electrons. The first kappa shape index (κ1) is 11.7. The molecule has 0 amide bonds. The van der Waals surface area contributed by atoms with Gasteiger partial charge < -0.3 is 0 Å². The highest BCUT2D eigenvalue weighted by atomic mass is 14.2. The summed E-state index contributed by atoms with van der Waals surface area (Å²) in [7, 11) is 0. The van der Waals surface area contributed by atoms with Crippen molar-refractivity contribution in [3.05, 3.63) is 12.7 Å². The highest BCUT2D eigenvalue weighted by Gasteiger charge is 2.12. The van der Waals surface area contributed by atoms with Crippen molar-refractivity contribution < 1.29 is 0 Å². The first-order valence-corrected chi connectivity index (χ1v) is 5.37. The molecule has 0 aromatic rings. The van der Waals surface area contributed by atoms with Crippen molar-refractivity contribution in [2.75, 3.05) is 0 Å². The first-order chi connectivity index (χ1) is 5.76. The predicted molar refractivity (Wildman–Crippen MR) is 57.3 cm³/mol. The number of hydrogen-bond acceptors (Lipinski definition) is 0. The largest absolute Gasteiger partial charge is 0.103 e. The molecule has 0 aliphatic carbocycles. The third-order valence-corrected chi connectivity index (χ3v) is 2.81. The van der Waals surface area contributed by atoms with E-state index in [1.807, 2.05) is 6.08 Å². The Hall–Kier alpha value is -0.260. The van der Waals surface area contributed by atoms with Crippen molar-refractivity contribution in [2.24, 2.45) is 11.8 Å². The van der Waals surface area contributed by atoms with Gasteiger partial charge in [-0.1, -0.05) is 46.1 Å². The van der Waals surface area contributed by atoms with Crippen LogP contribution >= 0.6 is 0 Å². The lowest BCUT2D eigenvalue weighted by Gasteiger charge is -2.21. The molecule has 0 heteroatoms. The average molecular weight is 168 g/mol. The minimum absolute atomic E-state index is 0.882. The molecule has 0 aromatic heterocycles.